The number of hydrogen-bond acceptors (Lipinski definition) is 8. The van der Waals surface area contributed by atoms with Crippen LogP contribution in [0.2, 0.25) is 0 Å². The number of ether oxygens (including phenoxy) is 2. The highest BCUT2D eigenvalue weighted by Crippen LogP contribution is 2.33. The second-order valence-corrected chi connectivity index (χ2v) is 9.35. The summed E-state index contributed by atoms with van der Waals surface area (Å²) in [5.41, 5.74) is 3.07. The van der Waals surface area contributed by atoms with E-state index >= 15 is 0 Å². The van der Waals surface area contributed by atoms with E-state index in [0.29, 0.717) is 18.2 Å². The molecule has 0 spiro atoms. The zero-order valence-corrected chi connectivity index (χ0v) is 19.3. The molecule has 1 fully saturated rings. The summed E-state index contributed by atoms with van der Waals surface area (Å²) in [6.07, 6.45) is 1.66. The summed E-state index contributed by atoms with van der Waals surface area (Å²) in [5, 5.41) is 3.82. The van der Waals surface area contributed by atoms with Gasteiger partial charge in [0.2, 0.25) is 6.79 Å². The lowest BCUT2D eigenvalue weighted by atomic mass is 10.1. The van der Waals surface area contributed by atoms with Crippen molar-refractivity contribution < 1.29 is 14.3 Å². The number of carbonyl (C=O) groups is 1. The van der Waals surface area contributed by atoms with Crippen molar-refractivity contribution in [2.24, 2.45) is 0 Å². The summed E-state index contributed by atoms with van der Waals surface area (Å²) in [6.45, 7) is 5.13. The van der Waals surface area contributed by atoms with Gasteiger partial charge in [-0.15, -0.1) is 0 Å². The van der Waals surface area contributed by atoms with Crippen molar-refractivity contribution in [2.75, 3.05) is 37.9 Å². The van der Waals surface area contributed by atoms with Gasteiger partial charge >= 0.3 is 0 Å². The molecule has 0 unspecified atom stereocenters. The third-order valence-corrected chi connectivity index (χ3v) is 7.11. The van der Waals surface area contributed by atoms with Crippen LogP contribution in [-0.2, 0) is 13.1 Å². The van der Waals surface area contributed by atoms with Gasteiger partial charge in [0, 0.05) is 32.7 Å². The lowest BCUT2D eigenvalue weighted by Crippen LogP contribution is -2.45. The van der Waals surface area contributed by atoms with Gasteiger partial charge in [-0.05, 0) is 29.8 Å². The maximum atomic E-state index is 12.6. The normalized spacial score (nSPS) is 15.7. The third-order valence-electron chi connectivity index (χ3n) is 6.06. The molecule has 2 N–H and O–H groups in total. The van der Waals surface area contributed by atoms with Crippen molar-refractivity contribution in [3.05, 3.63) is 64.9 Å². The number of amides is 1. The minimum atomic E-state index is -0.134. The molecule has 4 aromatic rings. The lowest BCUT2D eigenvalue weighted by Gasteiger charge is -2.34. The molecule has 0 aliphatic carbocycles. The maximum absolute atomic E-state index is 12.6. The van der Waals surface area contributed by atoms with Crippen LogP contribution in [0.4, 0.5) is 5.13 Å². The molecule has 4 heterocycles. The Kier molecular flexibility index (Phi) is 5.52. The first-order valence-corrected chi connectivity index (χ1v) is 12.1. The van der Waals surface area contributed by atoms with E-state index in [4.69, 9.17) is 9.47 Å². The van der Waals surface area contributed by atoms with E-state index < -0.39 is 0 Å². The summed E-state index contributed by atoms with van der Waals surface area (Å²) < 4.78 is 10.9. The quantitative estimate of drug-likeness (QED) is 0.442. The molecule has 34 heavy (non-hydrogen) atoms. The SMILES string of the molecule is O=C(NCc1nc2ccccc2[nH]1)c1cnc(N2CCN(Cc3ccc4c(c3)OCO4)CC2)s1. The monoisotopic (exact) mass is 476 g/mol. The number of nitrogens with one attached hydrogen (secondary N) is 2. The van der Waals surface area contributed by atoms with E-state index in [1.807, 2.05) is 30.3 Å². The number of anilines is 1. The van der Waals surface area contributed by atoms with Gasteiger partial charge in [0.15, 0.2) is 16.6 Å². The van der Waals surface area contributed by atoms with Crippen LogP contribution in [0, 0.1) is 0 Å². The molecule has 2 aliphatic rings. The number of fused-ring (bicyclic) bond motifs is 2. The summed E-state index contributed by atoms with van der Waals surface area (Å²) in [4.78, 5) is 30.2. The number of H-pyrrole nitrogens is 1. The smallest absolute Gasteiger partial charge is 0.263 e. The van der Waals surface area contributed by atoms with Crippen molar-refractivity contribution in [1.82, 2.24) is 25.2 Å². The highest BCUT2D eigenvalue weighted by Gasteiger charge is 2.22. The van der Waals surface area contributed by atoms with Gasteiger partial charge in [-0.2, -0.15) is 0 Å². The van der Waals surface area contributed by atoms with Gasteiger partial charge < -0.3 is 24.7 Å². The van der Waals surface area contributed by atoms with Crippen molar-refractivity contribution in [2.45, 2.75) is 13.1 Å². The predicted molar refractivity (Wildman–Crippen MR) is 129 cm³/mol. The van der Waals surface area contributed by atoms with Gasteiger partial charge in [-0.3, -0.25) is 9.69 Å². The molecule has 174 valence electrons. The maximum Gasteiger partial charge on any atom is 0.263 e. The molecule has 2 aromatic heterocycles. The Morgan fingerprint density at radius 3 is 2.82 bits per heavy atom. The van der Waals surface area contributed by atoms with Crippen LogP contribution in [-0.4, -0.2) is 58.7 Å². The van der Waals surface area contributed by atoms with Crippen LogP contribution in [0.5, 0.6) is 11.5 Å². The van der Waals surface area contributed by atoms with E-state index in [-0.39, 0.29) is 5.91 Å². The molecule has 10 heteroatoms. The number of carbonyl (C=O) groups excluding carboxylic acids is 1. The number of para-hydroxylation sites is 2. The number of benzene rings is 2. The second-order valence-electron chi connectivity index (χ2n) is 8.34. The summed E-state index contributed by atoms with van der Waals surface area (Å²) in [5.74, 6) is 2.24. The number of aromatic amines is 1. The Hall–Kier alpha value is -3.63. The van der Waals surface area contributed by atoms with E-state index in [2.05, 4.69) is 42.2 Å². The van der Waals surface area contributed by atoms with Crippen molar-refractivity contribution in [3.63, 3.8) is 0 Å². The standard InChI is InChI=1S/C24H24N6O3S/c31-23(25-13-22-27-17-3-1-2-4-18(17)28-22)21-12-26-24(34-21)30-9-7-29(8-10-30)14-16-5-6-19-20(11-16)33-15-32-19/h1-6,11-12H,7-10,13-15H2,(H,25,31)(H,27,28). The fraction of sp³-hybridized carbons (Fsp3) is 0.292. The van der Waals surface area contributed by atoms with Gasteiger partial charge in [0.1, 0.15) is 10.7 Å². The van der Waals surface area contributed by atoms with Crippen molar-refractivity contribution >= 4 is 33.4 Å². The van der Waals surface area contributed by atoms with E-state index in [1.54, 1.807) is 6.20 Å². The number of imidazole rings is 1. The zero-order valence-electron chi connectivity index (χ0n) is 18.5. The van der Waals surface area contributed by atoms with Crippen LogP contribution < -0.4 is 19.7 Å². The molecular formula is C24H24N6O3S. The number of aromatic nitrogens is 3. The zero-order chi connectivity index (χ0) is 22.9. The van der Waals surface area contributed by atoms with Crippen LogP contribution in [0.15, 0.2) is 48.7 Å². The average Bonchev–Trinajstić information content (AvgIpc) is 3.62. The number of rotatable bonds is 6. The highest BCUT2D eigenvalue weighted by molar-refractivity contribution is 7.17. The van der Waals surface area contributed by atoms with Crippen LogP contribution in [0.1, 0.15) is 21.1 Å². The van der Waals surface area contributed by atoms with Gasteiger partial charge in [0.25, 0.3) is 5.91 Å². The number of thiazole rings is 1. The van der Waals surface area contributed by atoms with Gasteiger partial charge in [0.05, 0.1) is 23.8 Å². The summed E-state index contributed by atoms with van der Waals surface area (Å²) in [7, 11) is 0. The predicted octanol–water partition coefficient (Wildman–Crippen LogP) is 3.00. The Morgan fingerprint density at radius 1 is 1.09 bits per heavy atom. The largest absolute Gasteiger partial charge is 0.454 e. The van der Waals surface area contributed by atoms with E-state index in [9.17, 15) is 4.79 Å². The molecule has 2 aliphatic heterocycles. The first kappa shape index (κ1) is 20.9. The lowest BCUT2D eigenvalue weighted by molar-refractivity contribution is 0.0954. The van der Waals surface area contributed by atoms with Crippen LogP contribution in [0.3, 0.4) is 0 Å². The first-order chi connectivity index (χ1) is 16.7. The minimum absolute atomic E-state index is 0.134. The number of piperazine rings is 1. The number of hydrogen-bond donors (Lipinski definition) is 2. The van der Waals surface area contributed by atoms with Crippen LogP contribution >= 0.6 is 11.3 Å². The Balaban J connectivity index is 1.01. The van der Waals surface area contributed by atoms with Crippen molar-refractivity contribution in [1.29, 1.82) is 0 Å². The van der Waals surface area contributed by atoms with Gasteiger partial charge in [-0.25, -0.2) is 9.97 Å². The van der Waals surface area contributed by atoms with E-state index in [0.717, 1.165) is 66.2 Å². The third kappa shape index (κ3) is 4.29. The Labute approximate surface area is 200 Å². The molecule has 0 atom stereocenters. The summed E-state index contributed by atoms with van der Waals surface area (Å²) in [6, 6.07) is 14.0. The number of nitrogens with zero attached hydrogens (tertiary/aromatic N) is 4. The average molecular weight is 477 g/mol. The topological polar surface area (TPSA) is 95.6 Å². The minimum Gasteiger partial charge on any atom is -0.454 e. The molecule has 0 saturated carbocycles. The molecular weight excluding hydrogens is 452 g/mol. The fourth-order valence-corrected chi connectivity index (χ4v) is 5.14. The van der Waals surface area contributed by atoms with Crippen LogP contribution in [0.25, 0.3) is 11.0 Å². The fourth-order valence-electron chi connectivity index (χ4n) is 4.25. The Bertz CT molecular complexity index is 1290. The molecule has 2 aromatic carbocycles. The van der Waals surface area contributed by atoms with Crippen molar-refractivity contribution in [3.8, 4) is 11.5 Å². The molecule has 6 rings (SSSR count). The summed E-state index contributed by atoms with van der Waals surface area (Å²) >= 11 is 1.43. The first-order valence-electron chi connectivity index (χ1n) is 11.2. The molecule has 1 amide bonds. The molecule has 0 bridgehead atoms. The highest BCUT2D eigenvalue weighted by atomic mass is 32.1. The van der Waals surface area contributed by atoms with Gasteiger partial charge in [-0.1, -0.05) is 29.5 Å². The molecule has 9 nitrogen and oxygen atoms in total. The second kappa shape index (κ2) is 8.96. The van der Waals surface area contributed by atoms with E-state index in [1.165, 1.54) is 16.9 Å². The Morgan fingerprint density at radius 2 is 1.94 bits per heavy atom. The molecule has 0 radical (unpaired) electrons. The molecule has 1 saturated heterocycles.